The largest absolute Gasteiger partial charge is 0.397 e. The van der Waals surface area contributed by atoms with E-state index in [2.05, 4.69) is 17.3 Å². The summed E-state index contributed by atoms with van der Waals surface area (Å²) in [5, 5.41) is 1.12. The van der Waals surface area contributed by atoms with E-state index in [0.29, 0.717) is 0 Å². The molecule has 0 atom stereocenters. The van der Waals surface area contributed by atoms with Crippen LogP contribution in [0.1, 0.15) is 31.4 Å². The van der Waals surface area contributed by atoms with Crippen molar-refractivity contribution in [2.75, 3.05) is 12.0 Å². The second-order valence-electron chi connectivity index (χ2n) is 4.14. The third-order valence-corrected chi connectivity index (χ3v) is 3.80. The zero-order valence-corrected chi connectivity index (χ0v) is 9.49. The van der Waals surface area contributed by atoms with E-state index in [9.17, 15) is 0 Å². The molecule has 0 spiro atoms. The van der Waals surface area contributed by atoms with Gasteiger partial charge in [0.15, 0.2) is 0 Å². The summed E-state index contributed by atoms with van der Waals surface area (Å²) in [5.74, 6) is 0.891. The molecule has 1 aliphatic carbocycles. The average Bonchev–Trinajstić information content (AvgIpc) is 2.76. The number of nitrogens with one attached hydrogen (secondary N) is 1. The van der Waals surface area contributed by atoms with Gasteiger partial charge in [-0.2, -0.15) is 0 Å². The molecule has 1 fully saturated rings. The molecule has 1 saturated carbocycles. The first-order valence-electron chi connectivity index (χ1n) is 5.31. The number of aromatic nitrogens is 1. The Kier molecular flexibility index (Phi) is 3.06. The lowest BCUT2D eigenvalue weighted by Crippen LogP contribution is -1.98. The maximum absolute atomic E-state index is 5.87. The number of nitrogen functional groups attached to an aromatic ring is 1. The molecular weight excluding hydrogens is 192 g/mol. The third-order valence-electron chi connectivity index (χ3n) is 3.05. The molecule has 0 radical (unpaired) electrons. The number of aromatic amines is 1. The lowest BCUT2D eigenvalue weighted by atomic mass is 10.0. The van der Waals surface area contributed by atoms with E-state index < -0.39 is 0 Å². The van der Waals surface area contributed by atoms with Crippen molar-refractivity contribution in [3.05, 3.63) is 11.8 Å². The molecule has 1 aromatic rings. The van der Waals surface area contributed by atoms with Crippen molar-refractivity contribution in [2.24, 2.45) is 5.92 Å². The standard InChI is InChI=1S/C11H18N2S/c1-14-11-10(12)7-9(13-11)6-8-4-2-3-5-8/h7-8,13H,2-6,12H2,1H3. The van der Waals surface area contributed by atoms with Gasteiger partial charge >= 0.3 is 0 Å². The van der Waals surface area contributed by atoms with Crippen LogP contribution in [0.5, 0.6) is 0 Å². The molecule has 1 heterocycles. The van der Waals surface area contributed by atoms with E-state index in [1.165, 1.54) is 37.8 Å². The Balaban J connectivity index is 2.01. The molecule has 0 saturated heterocycles. The zero-order valence-electron chi connectivity index (χ0n) is 8.68. The highest BCUT2D eigenvalue weighted by molar-refractivity contribution is 7.98. The van der Waals surface area contributed by atoms with Crippen molar-refractivity contribution in [3.63, 3.8) is 0 Å². The minimum Gasteiger partial charge on any atom is -0.397 e. The second kappa shape index (κ2) is 4.30. The van der Waals surface area contributed by atoms with Crippen LogP contribution in [0.3, 0.4) is 0 Å². The Bertz CT molecular complexity index is 300. The molecule has 2 nitrogen and oxygen atoms in total. The SMILES string of the molecule is CSc1[nH]c(CC2CCCC2)cc1N. The van der Waals surface area contributed by atoms with Crippen LogP contribution in [0.15, 0.2) is 11.1 Å². The maximum atomic E-state index is 5.87. The Morgan fingerprint density at radius 3 is 2.79 bits per heavy atom. The molecular formula is C11H18N2S. The normalized spacial score (nSPS) is 17.8. The Labute approximate surface area is 89.7 Å². The fourth-order valence-electron chi connectivity index (χ4n) is 2.31. The van der Waals surface area contributed by atoms with Gasteiger partial charge in [-0.1, -0.05) is 25.7 Å². The molecule has 0 aromatic carbocycles. The predicted octanol–water partition coefficient (Wildman–Crippen LogP) is 3.05. The number of thioether (sulfide) groups is 1. The molecule has 0 unspecified atom stereocenters. The first-order chi connectivity index (χ1) is 6.79. The van der Waals surface area contributed by atoms with Gasteiger partial charge in [-0.25, -0.2) is 0 Å². The highest BCUT2D eigenvalue weighted by atomic mass is 32.2. The summed E-state index contributed by atoms with van der Waals surface area (Å²) in [6, 6.07) is 2.10. The van der Waals surface area contributed by atoms with Crippen molar-refractivity contribution in [2.45, 2.75) is 37.1 Å². The lowest BCUT2D eigenvalue weighted by Gasteiger charge is -2.05. The van der Waals surface area contributed by atoms with E-state index in [-0.39, 0.29) is 0 Å². The Morgan fingerprint density at radius 2 is 2.21 bits per heavy atom. The summed E-state index contributed by atoms with van der Waals surface area (Å²) in [7, 11) is 0. The molecule has 78 valence electrons. The van der Waals surface area contributed by atoms with Crippen molar-refractivity contribution < 1.29 is 0 Å². The van der Waals surface area contributed by atoms with E-state index in [1.807, 2.05) is 0 Å². The molecule has 0 bridgehead atoms. The lowest BCUT2D eigenvalue weighted by molar-refractivity contribution is 0.539. The van der Waals surface area contributed by atoms with Gasteiger partial charge in [-0.3, -0.25) is 0 Å². The van der Waals surface area contributed by atoms with E-state index >= 15 is 0 Å². The fourth-order valence-corrected chi connectivity index (χ4v) is 2.84. The average molecular weight is 210 g/mol. The number of rotatable bonds is 3. The molecule has 0 amide bonds. The summed E-state index contributed by atoms with van der Waals surface area (Å²) >= 11 is 1.69. The fraction of sp³-hybridized carbons (Fsp3) is 0.636. The van der Waals surface area contributed by atoms with Crippen LogP contribution in [0.4, 0.5) is 5.69 Å². The quantitative estimate of drug-likeness (QED) is 0.753. The number of nitrogens with two attached hydrogens (primary N) is 1. The number of anilines is 1. The number of hydrogen-bond donors (Lipinski definition) is 2. The molecule has 3 N–H and O–H groups in total. The molecule has 3 heteroatoms. The van der Waals surface area contributed by atoms with Crippen LogP contribution in [0.25, 0.3) is 0 Å². The molecule has 2 rings (SSSR count). The summed E-state index contributed by atoms with van der Waals surface area (Å²) in [6.07, 6.45) is 8.86. The van der Waals surface area contributed by atoms with Crippen LogP contribution in [0, 0.1) is 5.92 Å². The first kappa shape index (κ1) is 9.97. The third kappa shape index (κ3) is 2.08. The van der Waals surface area contributed by atoms with E-state index in [0.717, 1.165) is 16.6 Å². The van der Waals surface area contributed by atoms with Gasteiger partial charge in [0.25, 0.3) is 0 Å². The summed E-state index contributed by atoms with van der Waals surface area (Å²) < 4.78 is 0. The van der Waals surface area contributed by atoms with Gasteiger partial charge in [0.05, 0.1) is 10.7 Å². The van der Waals surface area contributed by atoms with Crippen molar-refractivity contribution in [3.8, 4) is 0 Å². The molecule has 1 aliphatic rings. The molecule has 14 heavy (non-hydrogen) atoms. The smallest absolute Gasteiger partial charge is 0.0955 e. The number of H-pyrrole nitrogens is 1. The Morgan fingerprint density at radius 1 is 1.50 bits per heavy atom. The van der Waals surface area contributed by atoms with E-state index in [4.69, 9.17) is 5.73 Å². The summed E-state index contributed by atoms with van der Waals surface area (Å²) in [5.41, 5.74) is 8.10. The molecule has 0 aliphatic heterocycles. The van der Waals surface area contributed by atoms with Crippen molar-refractivity contribution in [1.82, 2.24) is 4.98 Å². The van der Waals surface area contributed by atoms with Crippen molar-refractivity contribution in [1.29, 1.82) is 0 Å². The summed E-state index contributed by atoms with van der Waals surface area (Å²) in [6.45, 7) is 0. The topological polar surface area (TPSA) is 41.8 Å². The number of hydrogen-bond acceptors (Lipinski definition) is 2. The first-order valence-corrected chi connectivity index (χ1v) is 6.53. The molecule has 1 aromatic heterocycles. The van der Waals surface area contributed by atoms with Gasteiger partial charge in [0, 0.05) is 5.69 Å². The zero-order chi connectivity index (χ0) is 9.97. The van der Waals surface area contributed by atoms with Crippen LogP contribution in [-0.2, 0) is 6.42 Å². The summed E-state index contributed by atoms with van der Waals surface area (Å²) in [4.78, 5) is 3.40. The van der Waals surface area contributed by atoms with Crippen LogP contribution in [0.2, 0.25) is 0 Å². The maximum Gasteiger partial charge on any atom is 0.0955 e. The van der Waals surface area contributed by atoms with Crippen LogP contribution < -0.4 is 5.73 Å². The monoisotopic (exact) mass is 210 g/mol. The van der Waals surface area contributed by atoms with Gasteiger partial charge in [-0.05, 0) is 24.7 Å². The minimum atomic E-state index is 0.891. The van der Waals surface area contributed by atoms with Crippen LogP contribution >= 0.6 is 11.8 Å². The Hall–Kier alpha value is -0.570. The van der Waals surface area contributed by atoms with E-state index in [1.54, 1.807) is 11.8 Å². The second-order valence-corrected chi connectivity index (χ2v) is 4.95. The van der Waals surface area contributed by atoms with Gasteiger partial charge in [-0.15, -0.1) is 11.8 Å². The predicted molar refractivity (Wildman–Crippen MR) is 62.6 cm³/mol. The van der Waals surface area contributed by atoms with Gasteiger partial charge in [0.1, 0.15) is 0 Å². The van der Waals surface area contributed by atoms with Crippen LogP contribution in [-0.4, -0.2) is 11.2 Å². The minimum absolute atomic E-state index is 0.891. The van der Waals surface area contributed by atoms with Gasteiger partial charge in [0.2, 0.25) is 0 Å². The van der Waals surface area contributed by atoms with Crippen molar-refractivity contribution >= 4 is 17.4 Å². The highest BCUT2D eigenvalue weighted by Gasteiger charge is 2.16. The van der Waals surface area contributed by atoms with Gasteiger partial charge < -0.3 is 10.7 Å². The highest BCUT2D eigenvalue weighted by Crippen LogP contribution is 2.30.